The monoisotopic (exact) mass is 337 g/mol. The Hall–Kier alpha value is -2.67. The standard InChI is InChI=1S/C15H16ClN3O4/c1-22-10-4-5-13(12(16)7-10)19-14(20)9-18-15(21)17-8-11-3-2-6-23-11/h2-7H,8-9H2,1H3,(H,19,20)(H2,17,18,21). The lowest BCUT2D eigenvalue weighted by Gasteiger charge is -2.10. The first-order chi connectivity index (χ1) is 11.1. The summed E-state index contributed by atoms with van der Waals surface area (Å²) in [6.07, 6.45) is 1.51. The van der Waals surface area contributed by atoms with Gasteiger partial charge in [0.05, 0.1) is 37.2 Å². The van der Waals surface area contributed by atoms with E-state index in [0.29, 0.717) is 22.2 Å². The molecule has 0 unspecified atom stereocenters. The summed E-state index contributed by atoms with van der Waals surface area (Å²) in [4.78, 5) is 23.4. The van der Waals surface area contributed by atoms with E-state index in [2.05, 4.69) is 16.0 Å². The number of benzene rings is 1. The van der Waals surface area contributed by atoms with Gasteiger partial charge in [-0.05, 0) is 24.3 Å². The van der Waals surface area contributed by atoms with Crippen molar-refractivity contribution in [3.8, 4) is 5.75 Å². The van der Waals surface area contributed by atoms with E-state index in [-0.39, 0.29) is 13.1 Å². The molecule has 0 atom stereocenters. The summed E-state index contributed by atoms with van der Waals surface area (Å²) in [6, 6.07) is 7.86. The molecule has 0 saturated carbocycles. The van der Waals surface area contributed by atoms with E-state index in [1.807, 2.05) is 0 Å². The SMILES string of the molecule is COc1ccc(NC(=O)CNC(=O)NCc2ccco2)c(Cl)c1. The molecule has 1 aromatic carbocycles. The number of nitrogens with one attached hydrogen (secondary N) is 3. The largest absolute Gasteiger partial charge is 0.497 e. The third-order valence-electron chi connectivity index (χ3n) is 2.86. The predicted molar refractivity (Wildman–Crippen MR) is 85.6 cm³/mol. The van der Waals surface area contributed by atoms with E-state index in [4.69, 9.17) is 20.8 Å². The Balaban J connectivity index is 1.75. The minimum Gasteiger partial charge on any atom is -0.497 e. The van der Waals surface area contributed by atoms with Crippen LogP contribution in [0.1, 0.15) is 5.76 Å². The second-order valence-electron chi connectivity index (χ2n) is 4.51. The average molecular weight is 338 g/mol. The van der Waals surface area contributed by atoms with Gasteiger partial charge in [0.2, 0.25) is 5.91 Å². The van der Waals surface area contributed by atoms with Crippen LogP contribution >= 0.6 is 11.6 Å². The maximum absolute atomic E-state index is 11.8. The highest BCUT2D eigenvalue weighted by molar-refractivity contribution is 6.33. The van der Waals surface area contributed by atoms with Gasteiger partial charge in [-0.25, -0.2) is 4.79 Å². The van der Waals surface area contributed by atoms with Crippen molar-refractivity contribution in [1.82, 2.24) is 10.6 Å². The smallest absolute Gasteiger partial charge is 0.315 e. The first-order valence-corrected chi connectivity index (χ1v) is 7.13. The molecule has 1 aromatic heterocycles. The summed E-state index contributed by atoms with van der Waals surface area (Å²) in [5.41, 5.74) is 0.440. The fourth-order valence-corrected chi connectivity index (χ4v) is 1.94. The minimum absolute atomic E-state index is 0.188. The lowest BCUT2D eigenvalue weighted by molar-refractivity contribution is -0.115. The predicted octanol–water partition coefficient (Wildman–Crippen LogP) is 2.38. The van der Waals surface area contributed by atoms with Crippen LogP contribution in [0.25, 0.3) is 0 Å². The number of hydrogen-bond acceptors (Lipinski definition) is 4. The second-order valence-corrected chi connectivity index (χ2v) is 4.92. The van der Waals surface area contributed by atoms with Crippen LogP contribution in [0.15, 0.2) is 41.0 Å². The number of furan rings is 1. The molecule has 3 amide bonds. The molecule has 8 heteroatoms. The summed E-state index contributed by atoms with van der Waals surface area (Å²) in [6.45, 7) is 0.0527. The van der Waals surface area contributed by atoms with E-state index < -0.39 is 11.9 Å². The van der Waals surface area contributed by atoms with Crippen LogP contribution in [0.5, 0.6) is 5.75 Å². The molecule has 1 heterocycles. The van der Waals surface area contributed by atoms with Crippen molar-refractivity contribution >= 4 is 29.2 Å². The summed E-state index contributed by atoms with van der Waals surface area (Å²) in [5.74, 6) is 0.809. The molecule has 0 fully saturated rings. The number of rotatable bonds is 6. The van der Waals surface area contributed by atoms with Crippen LogP contribution in [0.2, 0.25) is 5.02 Å². The molecule has 0 aliphatic carbocycles. The normalized spacial score (nSPS) is 10.0. The zero-order chi connectivity index (χ0) is 16.7. The number of urea groups is 1. The van der Waals surface area contributed by atoms with Crippen molar-refractivity contribution in [1.29, 1.82) is 0 Å². The summed E-state index contributed by atoms with van der Waals surface area (Å²) >= 11 is 6.02. The molecular weight excluding hydrogens is 322 g/mol. The maximum Gasteiger partial charge on any atom is 0.315 e. The van der Waals surface area contributed by atoms with Crippen LogP contribution < -0.4 is 20.7 Å². The molecule has 0 radical (unpaired) electrons. The fourth-order valence-electron chi connectivity index (χ4n) is 1.72. The van der Waals surface area contributed by atoms with Gasteiger partial charge < -0.3 is 25.1 Å². The molecule has 0 spiro atoms. The lowest BCUT2D eigenvalue weighted by atomic mass is 10.3. The van der Waals surface area contributed by atoms with Gasteiger partial charge in [-0.1, -0.05) is 11.6 Å². The molecule has 122 valence electrons. The van der Waals surface area contributed by atoms with Crippen molar-refractivity contribution < 1.29 is 18.7 Å². The van der Waals surface area contributed by atoms with Gasteiger partial charge in [0.25, 0.3) is 0 Å². The van der Waals surface area contributed by atoms with Gasteiger partial charge in [0.1, 0.15) is 11.5 Å². The van der Waals surface area contributed by atoms with Crippen LogP contribution in [0, 0.1) is 0 Å². The molecule has 0 aliphatic heterocycles. The first kappa shape index (κ1) is 16.7. The molecule has 2 rings (SSSR count). The Morgan fingerprint density at radius 3 is 2.74 bits per heavy atom. The fraction of sp³-hybridized carbons (Fsp3) is 0.200. The van der Waals surface area contributed by atoms with Crippen LogP contribution in [0.3, 0.4) is 0 Å². The molecule has 23 heavy (non-hydrogen) atoms. The second kappa shape index (κ2) is 8.09. The van der Waals surface area contributed by atoms with Gasteiger partial charge in [-0.15, -0.1) is 0 Å². The number of amides is 3. The van der Waals surface area contributed by atoms with Crippen molar-refractivity contribution in [2.75, 3.05) is 19.0 Å². The van der Waals surface area contributed by atoms with Crippen molar-refractivity contribution in [2.45, 2.75) is 6.54 Å². The number of carbonyl (C=O) groups is 2. The number of hydrogen-bond donors (Lipinski definition) is 3. The Morgan fingerprint density at radius 1 is 1.26 bits per heavy atom. The first-order valence-electron chi connectivity index (χ1n) is 6.76. The minimum atomic E-state index is -0.475. The number of methoxy groups -OCH3 is 1. The Labute approximate surface area is 137 Å². The van der Waals surface area contributed by atoms with Crippen LogP contribution in [-0.2, 0) is 11.3 Å². The number of ether oxygens (including phenoxy) is 1. The van der Waals surface area contributed by atoms with Crippen molar-refractivity contribution in [2.24, 2.45) is 0 Å². The van der Waals surface area contributed by atoms with E-state index in [1.165, 1.54) is 13.4 Å². The maximum atomic E-state index is 11.8. The molecule has 7 nitrogen and oxygen atoms in total. The summed E-state index contributed by atoms with van der Waals surface area (Å²) in [7, 11) is 1.52. The Bertz CT molecular complexity index is 673. The number of anilines is 1. The van der Waals surface area contributed by atoms with Gasteiger partial charge in [0.15, 0.2) is 0 Å². The van der Waals surface area contributed by atoms with Gasteiger partial charge >= 0.3 is 6.03 Å². The third kappa shape index (κ3) is 5.23. The van der Waals surface area contributed by atoms with Crippen molar-refractivity contribution in [3.63, 3.8) is 0 Å². The molecule has 3 N–H and O–H groups in total. The van der Waals surface area contributed by atoms with E-state index >= 15 is 0 Å². The zero-order valence-electron chi connectivity index (χ0n) is 12.4. The highest BCUT2D eigenvalue weighted by atomic mass is 35.5. The summed E-state index contributed by atoms with van der Waals surface area (Å²) in [5, 5.41) is 7.95. The van der Waals surface area contributed by atoms with E-state index in [9.17, 15) is 9.59 Å². The van der Waals surface area contributed by atoms with Crippen LogP contribution in [-0.4, -0.2) is 25.6 Å². The topological polar surface area (TPSA) is 92.6 Å². The summed E-state index contributed by atoms with van der Waals surface area (Å²) < 4.78 is 10.1. The van der Waals surface area contributed by atoms with E-state index in [1.54, 1.807) is 30.3 Å². The van der Waals surface area contributed by atoms with Gasteiger partial charge in [0, 0.05) is 6.07 Å². The molecule has 0 bridgehead atoms. The van der Waals surface area contributed by atoms with E-state index in [0.717, 1.165) is 0 Å². The van der Waals surface area contributed by atoms with Crippen LogP contribution in [0.4, 0.5) is 10.5 Å². The lowest BCUT2D eigenvalue weighted by Crippen LogP contribution is -2.39. The quantitative estimate of drug-likeness (QED) is 0.754. The number of carbonyl (C=O) groups excluding carboxylic acids is 2. The zero-order valence-corrected chi connectivity index (χ0v) is 13.1. The highest BCUT2D eigenvalue weighted by Crippen LogP contribution is 2.26. The van der Waals surface area contributed by atoms with Gasteiger partial charge in [-0.2, -0.15) is 0 Å². The van der Waals surface area contributed by atoms with Crippen molar-refractivity contribution in [3.05, 3.63) is 47.4 Å². The van der Waals surface area contributed by atoms with Gasteiger partial charge in [-0.3, -0.25) is 4.79 Å². The number of halogens is 1. The average Bonchev–Trinajstić information content (AvgIpc) is 3.06. The molecule has 0 aliphatic rings. The molecule has 2 aromatic rings. The molecule has 0 saturated heterocycles. The Morgan fingerprint density at radius 2 is 2.09 bits per heavy atom. The Kier molecular flexibility index (Phi) is 5.87. The molecular formula is C15H16ClN3O4. The third-order valence-corrected chi connectivity index (χ3v) is 3.18. The highest BCUT2D eigenvalue weighted by Gasteiger charge is 2.09.